The third-order valence-electron chi connectivity index (χ3n) is 3.94. The van der Waals surface area contributed by atoms with E-state index >= 15 is 0 Å². The third kappa shape index (κ3) is 2.84. The van der Waals surface area contributed by atoms with Crippen LogP contribution in [0.1, 0.15) is 44.5 Å². The predicted octanol–water partition coefficient (Wildman–Crippen LogP) is 2.90. The van der Waals surface area contributed by atoms with Crippen LogP contribution in [0.15, 0.2) is 35.9 Å². The first-order chi connectivity index (χ1) is 9.89. The largest absolute Gasteiger partial charge is 0.338 e. The summed E-state index contributed by atoms with van der Waals surface area (Å²) in [5.74, 6) is -0.260. The topological polar surface area (TPSA) is 49.4 Å². The van der Waals surface area contributed by atoms with Crippen LogP contribution in [0, 0.1) is 0 Å². The molecule has 0 radical (unpaired) electrons. The first-order valence-electron chi connectivity index (χ1n) is 7.26. The van der Waals surface area contributed by atoms with E-state index in [1.807, 2.05) is 45.0 Å². The smallest absolute Gasteiger partial charge is 0.254 e. The maximum absolute atomic E-state index is 12.9. The number of nitrogens with zero attached hydrogens (tertiary/aromatic N) is 1. The molecule has 1 aromatic rings. The summed E-state index contributed by atoms with van der Waals surface area (Å²) in [6.45, 7) is 8.16. The molecule has 0 bridgehead atoms. The molecule has 0 aromatic heterocycles. The molecule has 1 aliphatic heterocycles. The summed E-state index contributed by atoms with van der Waals surface area (Å²) in [4.78, 5) is 27.0. The van der Waals surface area contributed by atoms with E-state index in [1.165, 1.54) is 0 Å². The average Bonchev–Trinajstić information content (AvgIpc) is 2.53. The van der Waals surface area contributed by atoms with Gasteiger partial charge in [0.15, 0.2) is 0 Å². The van der Waals surface area contributed by atoms with Crippen molar-refractivity contribution in [3.05, 3.63) is 41.5 Å². The van der Waals surface area contributed by atoms with Gasteiger partial charge in [-0.25, -0.2) is 0 Å². The molecule has 0 saturated heterocycles. The number of nitrogens with one attached hydrogen (secondary N) is 1. The fourth-order valence-electron chi connectivity index (χ4n) is 2.37. The second-order valence-corrected chi connectivity index (χ2v) is 5.85. The SMILES string of the molecule is CCC1(C)NC(=O)c2ccccc2N(CC=C(C)C)C1=O. The normalized spacial score (nSPS) is 21.4. The van der Waals surface area contributed by atoms with Gasteiger partial charge in [0.25, 0.3) is 11.8 Å². The molecule has 1 unspecified atom stereocenters. The minimum atomic E-state index is -0.869. The molecule has 0 spiro atoms. The lowest BCUT2D eigenvalue weighted by atomic mass is 9.97. The maximum atomic E-state index is 12.9. The second kappa shape index (κ2) is 5.72. The molecule has 4 heteroatoms. The van der Waals surface area contributed by atoms with Crippen LogP contribution >= 0.6 is 0 Å². The summed E-state index contributed by atoms with van der Waals surface area (Å²) in [6, 6.07) is 7.25. The van der Waals surface area contributed by atoms with E-state index < -0.39 is 5.54 Å². The van der Waals surface area contributed by atoms with Crippen LogP contribution in [0.3, 0.4) is 0 Å². The third-order valence-corrected chi connectivity index (χ3v) is 3.94. The Balaban J connectivity index is 2.56. The number of amides is 2. The molecule has 0 aliphatic carbocycles. The van der Waals surface area contributed by atoms with E-state index in [0.29, 0.717) is 24.2 Å². The van der Waals surface area contributed by atoms with Gasteiger partial charge in [-0.1, -0.05) is 30.7 Å². The molecule has 0 fully saturated rings. The van der Waals surface area contributed by atoms with Crippen LogP contribution in [0.25, 0.3) is 0 Å². The van der Waals surface area contributed by atoms with Gasteiger partial charge in [-0.05, 0) is 39.3 Å². The van der Waals surface area contributed by atoms with Gasteiger partial charge < -0.3 is 10.2 Å². The highest BCUT2D eigenvalue weighted by atomic mass is 16.2. The summed E-state index contributed by atoms with van der Waals surface area (Å²) < 4.78 is 0. The Morgan fingerprint density at radius 1 is 1.29 bits per heavy atom. The van der Waals surface area contributed by atoms with Crippen LogP contribution < -0.4 is 10.2 Å². The molecule has 1 N–H and O–H groups in total. The number of rotatable bonds is 3. The van der Waals surface area contributed by atoms with Crippen molar-refractivity contribution >= 4 is 17.5 Å². The molecular formula is C17H22N2O2. The standard InChI is InChI=1S/C17H22N2O2/c1-5-17(4)16(21)19(11-10-12(2)3)14-9-7-6-8-13(14)15(20)18-17/h6-10H,5,11H2,1-4H3,(H,18,20). The van der Waals surface area contributed by atoms with Gasteiger partial charge in [0.1, 0.15) is 5.54 Å². The summed E-state index contributed by atoms with van der Waals surface area (Å²) >= 11 is 0. The molecule has 0 saturated carbocycles. The molecule has 2 rings (SSSR count). The lowest BCUT2D eigenvalue weighted by Gasteiger charge is -2.31. The minimum absolute atomic E-state index is 0.0687. The van der Waals surface area contributed by atoms with Gasteiger partial charge in [0, 0.05) is 6.54 Å². The van der Waals surface area contributed by atoms with Crippen molar-refractivity contribution in [1.29, 1.82) is 0 Å². The van der Waals surface area contributed by atoms with Crippen molar-refractivity contribution in [3.63, 3.8) is 0 Å². The maximum Gasteiger partial charge on any atom is 0.254 e. The van der Waals surface area contributed by atoms with E-state index in [-0.39, 0.29) is 11.8 Å². The first-order valence-corrected chi connectivity index (χ1v) is 7.26. The first kappa shape index (κ1) is 15.3. The number of carbonyl (C=O) groups is 2. The zero-order valence-corrected chi connectivity index (χ0v) is 13.1. The lowest BCUT2D eigenvalue weighted by molar-refractivity contribution is -0.124. The number of fused-ring (bicyclic) bond motifs is 1. The van der Waals surface area contributed by atoms with Gasteiger partial charge >= 0.3 is 0 Å². The molecule has 1 atom stereocenters. The second-order valence-electron chi connectivity index (χ2n) is 5.85. The predicted molar refractivity (Wildman–Crippen MR) is 84.4 cm³/mol. The molecule has 1 aromatic carbocycles. The zero-order chi connectivity index (χ0) is 15.6. The number of hydrogen-bond acceptors (Lipinski definition) is 2. The minimum Gasteiger partial charge on any atom is -0.338 e. The van der Waals surface area contributed by atoms with E-state index in [2.05, 4.69) is 5.32 Å². The molecule has 1 aliphatic rings. The quantitative estimate of drug-likeness (QED) is 0.869. The summed E-state index contributed by atoms with van der Waals surface area (Å²) in [5, 5.41) is 2.88. The molecule has 1 heterocycles. The summed E-state index contributed by atoms with van der Waals surface area (Å²) in [5.41, 5.74) is 1.49. The molecule has 112 valence electrons. The van der Waals surface area contributed by atoms with Gasteiger partial charge in [-0.3, -0.25) is 9.59 Å². The Hall–Kier alpha value is -2.10. The van der Waals surface area contributed by atoms with Crippen molar-refractivity contribution in [3.8, 4) is 0 Å². The Morgan fingerprint density at radius 2 is 1.95 bits per heavy atom. The Morgan fingerprint density at radius 3 is 2.57 bits per heavy atom. The lowest BCUT2D eigenvalue weighted by Crippen LogP contribution is -2.55. The van der Waals surface area contributed by atoms with Crippen LogP contribution in [-0.4, -0.2) is 23.9 Å². The highest BCUT2D eigenvalue weighted by Gasteiger charge is 2.41. The molecule has 21 heavy (non-hydrogen) atoms. The number of benzene rings is 1. The molecule has 2 amide bonds. The van der Waals surface area contributed by atoms with Crippen molar-refractivity contribution in [2.24, 2.45) is 0 Å². The Kier molecular flexibility index (Phi) is 4.16. The Bertz CT molecular complexity index is 603. The van der Waals surface area contributed by atoms with E-state index in [9.17, 15) is 9.59 Å². The Labute approximate surface area is 125 Å². The van der Waals surface area contributed by atoms with Crippen molar-refractivity contribution in [1.82, 2.24) is 5.32 Å². The average molecular weight is 286 g/mol. The summed E-state index contributed by atoms with van der Waals surface area (Å²) in [6.07, 6.45) is 2.55. The van der Waals surface area contributed by atoms with Crippen molar-refractivity contribution in [2.75, 3.05) is 11.4 Å². The number of hydrogen-bond donors (Lipinski definition) is 1. The monoisotopic (exact) mass is 286 g/mol. The van der Waals surface area contributed by atoms with Crippen molar-refractivity contribution in [2.45, 2.75) is 39.7 Å². The van der Waals surface area contributed by atoms with Gasteiger partial charge in [-0.15, -0.1) is 0 Å². The van der Waals surface area contributed by atoms with Crippen LogP contribution in [0.4, 0.5) is 5.69 Å². The molecular weight excluding hydrogens is 264 g/mol. The van der Waals surface area contributed by atoms with Gasteiger partial charge in [0.2, 0.25) is 0 Å². The number of carbonyl (C=O) groups excluding carboxylic acids is 2. The van der Waals surface area contributed by atoms with E-state index in [0.717, 1.165) is 5.57 Å². The van der Waals surface area contributed by atoms with Crippen LogP contribution in [0.5, 0.6) is 0 Å². The number of allylic oxidation sites excluding steroid dienone is 1. The van der Waals surface area contributed by atoms with Crippen molar-refractivity contribution < 1.29 is 9.59 Å². The van der Waals surface area contributed by atoms with Crippen LogP contribution in [0.2, 0.25) is 0 Å². The zero-order valence-electron chi connectivity index (χ0n) is 13.1. The van der Waals surface area contributed by atoms with Crippen LogP contribution in [-0.2, 0) is 4.79 Å². The number of para-hydroxylation sites is 1. The molecule has 4 nitrogen and oxygen atoms in total. The fraction of sp³-hybridized carbons (Fsp3) is 0.412. The van der Waals surface area contributed by atoms with E-state index in [1.54, 1.807) is 17.9 Å². The summed E-state index contributed by atoms with van der Waals surface area (Å²) in [7, 11) is 0. The highest BCUT2D eigenvalue weighted by molar-refractivity contribution is 6.12. The highest BCUT2D eigenvalue weighted by Crippen LogP contribution is 2.28. The number of anilines is 1. The van der Waals surface area contributed by atoms with E-state index in [4.69, 9.17) is 0 Å². The fourth-order valence-corrected chi connectivity index (χ4v) is 2.37. The van der Waals surface area contributed by atoms with Gasteiger partial charge in [0.05, 0.1) is 11.3 Å². The van der Waals surface area contributed by atoms with Gasteiger partial charge in [-0.2, -0.15) is 0 Å².